The fraction of sp³-hybridized carbons (Fsp3) is 0.211. The summed E-state index contributed by atoms with van der Waals surface area (Å²) in [7, 11) is 1.57. The molecule has 3 aromatic rings. The number of carbonyl (C=O) groups excluding carboxylic acids is 1. The Bertz CT molecular complexity index is 1140. The highest BCUT2D eigenvalue weighted by Crippen LogP contribution is 2.30. The average molecular weight is 381 g/mol. The maximum absolute atomic E-state index is 12.5. The Morgan fingerprint density at radius 2 is 2.07 bits per heavy atom. The number of aromatic nitrogens is 2. The molecule has 1 amide bonds. The molecule has 28 heavy (non-hydrogen) atoms. The van der Waals surface area contributed by atoms with Gasteiger partial charge in [0.15, 0.2) is 0 Å². The summed E-state index contributed by atoms with van der Waals surface area (Å²) < 4.78 is 0. The number of nitrogens with one attached hydrogen (secondary N) is 2. The minimum absolute atomic E-state index is 0.108. The third kappa shape index (κ3) is 3.68. The van der Waals surface area contributed by atoms with Gasteiger partial charge in [0.1, 0.15) is 5.69 Å². The topological polar surface area (TPSA) is 121 Å². The van der Waals surface area contributed by atoms with Crippen LogP contribution in [0, 0.1) is 24.0 Å². The highest BCUT2D eigenvalue weighted by molar-refractivity contribution is 5.96. The molecule has 0 unspecified atom stereocenters. The number of nitrogens with zero attached hydrogens (tertiary/aromatic N) is 3. The fourth-order valence-electron chi connectivity index (χ4n) is 2.92. The summed E-state index contributed by atoms with van der Waals surface area (Å²) in [6, 6.07) is 8.21. The fourth-order valence-corrected chi connectivity index (χ4v) is 2.92. The summed E-state index contributed by atoms with van der Waals surface area (Å²) in [6.07, 6.45) is 1.23. The Hall–Kier alpha value is -3.75. The van der Waals surface area contributed by atoms with Gasteiger partial charge in [-0.15, -0.1) is 0 Å². The molecule has 0 aliphatic carbocycles. The predicted octanol–water partition coefficient (Wildman–Crippen LogP) is 2.52. The van der Waals surface area contributed by atoms with Gasteiger partial charge in [0.25, 0.3) is 11.2 Å². The summed E-state index contributed by atoms with van der Waals surface area (Å²) in [5, 5.41) is 14.4. The Labute approximate surface area is 160 Å². The number of likely N-dealkylation sites (N-methyl/N-ethyl adjacent to an activating group) is 1. The first-order chi connectivity index (χ1) is 13.3. The molecule has 2 N–H and O–H groups in total. The predicted molar refractivity (Wildman–Crippen MR) is 107 cm³/mol. The van der Waals surface area contributed by atoms with E-state index in [1.807, 2.05) is 26.0 Å². The normalized spacial score (nSPS) is 10.7. The number of fused-ring (bicyclic) bond motifs is 1. The van der Waals surface area contributed by atoms with Gasteiger partial charge in [-0.05, 0) is 37.1 Å². The minimum atomic E-state index is -0.583. The number of benzene rings is 2. The molecule has 2 aromatic carbocycles. The van der Waals surface area contributed by atoms with Crippen molar-refractivity contribution in [1.29, 1.82) is 0 Å². The van der Waals surface area contributed by atoms with Crippen LogP contribution >= 0.6 is 0 Å². The molecule has 0 atom stereocenters. The molecule has 0 bridgehead atoms. The van der Waals surface area contributed by atoms with Crippen LogP contribution in [0.1, 0.15) is 11.1 Å². The number of amides is 1. The van der Waals surface area contributed by atoms with Gasteiger partial charge in [0, 0.05) is 18.8 Å². The average Bonchev–Trinajstić information content (AvgIpc) is 2.64. The molecule has 0 saturated heterocycles. The molecule has 0 aliphatic heterocycles. The number of hydrogen-bond acceptors (Lipinski definition) is 6. The quantitative estimate of drug-likeness (QED) is 0.517. The van der Waals surface area contributed by atoms with E-state index in [1.54, 1.807) is 13.1 Å². The Morgan fingerprint density at radius 1 is 1.32 bits per heavy atom. The molecule has 9 nitrogen and oxygen atoms in total. The van der Waals surface area contributed by atoms with Crippen LogP contribution in [-0.2, 0) is 4.79 Å². The van der Waals surface area contributed by atoms with Crippen molar-refractivity contribution >= 4 is 33.9 Å². The van der Waals surface area contributed by atoms with Crippen LogP contribution in [0.3, 0.4) is 0 Å². The summed E-state index contributed by atoms with van der Waals surface area (Å²) in [4.78, 5) is 43.1. The Balaban J connectivity index is 1.90. The molecule has 0 aliphatic rings. The highest BCUT2D eigenvalue weighted by atomic mass is 16.6. The van der Waals surface area contributed by atoms with Gasteiger partial charge in [0.05, 0.1) is 28.7 Å². The van der Waals surface area contributed by atoms with E-state index in [1.165, 1.54) is 23.4 Å². The molecule has 9 heteroatoms. The third-order valence-electron chi connectivity index (χ3n) is 4.60. The lowest BCUT2D eigenvalue weighted by atomic mass is 10.1. The zero-order chi connectivity index (χ0) is 20.4. The lowest BCUT2D eigenvalue weighted by molar-refractivity contribution is -0.384. The maximum Gasteiger partial charge on any atom is 0.293 e. The first-order valence-electron chi connectivity index (χ1n) is 8.51. The lowest BCUT2D eigenvalue weighted by Gasteiger charge is -2.19. The van der Waals surface area contributed by atoms with E-state index in [-0.39, 0.29) is 29.2 Å². The number of rotatable bonds is 5. The molecule has 144 valence electrons. The van der Waals surface area contributed by atoms with Crippen LogP contribution in [0.2, 0.25) is 0 Å². The molecule has 0 radical (unpaired) electrons. The summed E-state index contributed by atoms with van der Waals surface area (Å²) in [6.45, 7) is 3.75. The second-order valence-electron chi connectivity index (χ2n) is 6.50. The molecule has 0 spiro atoms. The minimum Gasteiger partial charge on any atom is -0.360 e. The van der Waals surface area contributed by atoms with Crippen molar-refractivity contribution in [3.63, 3.8) is 0 Å². The number of aryl methyl sites for hydroxylation is 1. The molecule has 1 heterocycles. The largest absolute Gasteiger partial charge is 0.360 e. The Kier molecular flexibility index (Phi) is 5.08. The van der Waals surface area contributed by atoms with Crippen molar-refractivity contribution in [2.75, 3.05) is 23.8 Å². The van der Waals surface area contributed by atoms with E-state index in [4.69, 9.17) is 0 Å². The monoisotopic (exact) mass is 381 g/mol. The van der Waals surface area contributed by atoms with Crippen molar-refractivity contribution in [2.45, 2.75) is 13.8 Å². The lowest BCUT2D eigenvalue weighted by Crippen LogP contribution is -2.30. The summed E-state index contributed by atoms with van der Waals surface area (Å²) in [5.41, 5.74) is 2.48. The van der Waals surface area contributed by atoms with E-state index in [2.05, 4.69) is 15.3 Å². The first-order valence-corrected chi connectivity index (χ1v) is 8.51. The SMILES string of the molecule is Cc1cccc(NC(=O)CN(C)c2cc3nc[nH]c(=O)c3cc2[N+](=O)[O-])c1C. The van der Waals surface area contributed by atoms with Crippen LogP contribution in [0.4, 0.5) is 17.1 Å². The van der Waals surface area contributed by atoms with E-state index in [0.29, 0.717) is 11.2 Å². The van der Waals surface area contributed by atoms with Crippen molar-refractivity contribution in [3.05, 3.63) is 68.3 Å². The number of carbonyl (C=O) groups is 1. The molecule has 1 aromatic heterocycles. The van der Waals surface area contributed by atoms with Gasteiger partial charge in [0.2, 0.25) is 5.91 Å². The van der Waals surface area contributed by atoms with E-state index in [9.17, 15) is 19.7 Å². The van der Waals surface area contributed by atoms with Crippen molar-refractivity contribution < 1.29 is 9.72 Å². The number of nitro groups is 1. The molecular weight excluding hydrogens is 362 g/mol. The van der Waals surface area contributed by atoms with Crippen LogP contribution in [0.15, 0.2) is 41.5 Å². The summed E-state index contributed by atoms with van der Waals surface area (Å²) in [5.74, 6) is -0.315. The number of hydrogen-bond donors (Lipinski definition) is 2. The standard InChI is InChI=1S/C19H19N5O4/c1-11-5-4-6-14(12(11)2)22-18(25)9-23(3)16-8-15-13(7-17(16)24(27)28)19(26)21-10-20-15/h4-8,10H,9H2,1-3H3,(H,22,25)(H,20,21,26). The zero-order valence-corrected chi connectivity index (χ0v) is 15.6. The van der Waals surface area contributed by atoms with Gasteiger partial charge in [-0.3, -0.25) is 19.7 Å². The van der Waals surface area contributed by atoms with Crippen LogP contribution < -0.4 is 15.8 Å². The zero-order valence-electron chi connectivity index (χ0n) is 15.6. The van der Waals surface area contributed by atoms with Crippen LogP contribution in [-0.4, -0.2) is 34.4 Å². The number of nitro benzene ring substituents is 1. The van der Waals surface area contributed by atoms with E-state index >= 15 is 0 Å². The molecule has 3 rings (SSSR count). The van der Waals surface area contributed by atoms with Crippen LogP contribution in [0.25, 0.3) is 10.9 Å². The molecule has 0 fully saturated rings. The van der Waals surface area contributed by atoms with E-state index in [0.717, 1.165) is 11.1 Å². The number of aromatic amines is 1. The third-order valence-corrected chi connectivity index (χ3v) is 4.60. The molecule has 0 saturated carbocycles. The van der Waals surface area contributed by atoms with Gasteiger partial charge >= 0.3 is 0 Å². The van der Waals surface area contributed by atoms with E-state index < -0.39 is 10.5 Å². The maximum atomic E-state index is 12.5. The highest BCUT2D eigenvalue weighted by Gasteiger charge is 2.21. The smallest absolute Gasteiger partial charge is 0.293 e. The first kappa shape index (κ1) is 19.0. The second kappa shape index (κ2) is 7.47. The van der Waals surface area contributed by atoms with Crippen molar-refractivity contribution in [2.24, 2.45) is 0 Å². The molecular formula is C19H19N5O4. The van der Waals surface area contributed by atoms with Gasteiger partial charge in [-0.25, -0.2) is 4.98 Å². The number of H-pyrrole nitrogens is 1. The van der Waals surface area contributed by atoms with Gasteiger partial charge in [-0.2, -0.15) is 0 Å². The van der Waals surface area contributed by atoms with Gasteiger partial charge in [-0.1, -0.05) is 12.1 Å². The second-order valence-corrected chi connectivity index (χ2v) is 6.50. The van der Waals surface area contributed by atoms with Crippen LogP contribution in [0.5, 0.6) is 0 Å². The number of anilines is 2. The van der Waals surface area contributed by atoms with Crippen molar-refractivity contribution in [3.8, 4) is 0 Å². The van der Waals surface area contributed by atoms with Gasteiger partial charge < -0.3 is 15.2 Å². The van der Waals surface area contributed by atoms with Crippen molar-refractivity contribution in [1.82, 2.24) is 9.97 Å². The Morgan fingerprint density at radius 3 is 2.79 bits per heavy atom. The summed E-state index contributed by atoms with van der Waals surface area (Å²) >= 11 is 0.